The third-order valence-corrected chi connectivity index (χ3v) is 6.27. The topological polar surface area (TPSA) is 3.24 Å². The van der Waals surface area contributed by atoms with Gasteiger partial charge in [0, 0.05) is 0 Å². The third kappa shape index (κ3) is 4.07. The first-order valence-electron chi connectivity index (χ1n) is 1.68. The van der Waals surface area contributed by atoms with Crippen LogP contribution in [0.2, 0.25) is 0 Å². The molecule has 1 nitrogen and oxygen atoms in total. The number of hydrogen-bond donors (Lipinski definition) is 0. The summed E-state index contributed by atoms with van der Waals surface area (Å²) in [5, 5.41) is 0. The van der Waals surface area contributed by atoms with Crippen molar-refractivity contribution in [1.29, 1.82) is 0 Å². The Labute approximate surface area is 58.8 Å². The molecule has 0 amide bonds. The SMILES string of the molecule is C[N](C)[Ti]([Cl])([Cl])[Cl]. The number of hydrogen-bond acceptors (Lipinski definition) is 1. The van der Waals surface area contributed by atoms with E-state index in [1.54, 1.807) is 17.5 Å². The van der Waals surface area contributed by atoms with Crippen molar-refractivity contribution in [2.24, 2.45) is 0 Å². The van der Waals surface area contributed by atoms with E-state index < -0.39 is 13.7 Å². The summed E-state index contributed by atoms with van der Waals surface area (Å²) in [5.74, 6) is 0. The summed E-state index contributed by atoms with van der Waals surface area (Å²) in [5.41, 5.74) is 0. The van der Waals surface area contributed by atoms with Gasteiger partial charge in [0.2, 0.25) is 0 Å². The molecule has 0 aromatic heterocycles. The van der Waals surface area contributed by atoms with E-state index in [2.05, 4.69) is 0 Å². The van der Waals surface area contributed by atoms with Gasteiger partial charge in [-0.15, -0.1) is 0 Å². The Kier molecular flexibility index (Phi) is 3.55. The van der Waals surface area contributed by atoms with Gasteiger partial charge >= 0.3 is 59.1 Å². The number of halogens is 3. The van der Waals surface area contributed by atoms with E-state index in [0.29, 0.717) is 0 Å². The summed E-state index contributed by atoms with van der Waals surface area (Å²) in [6, 6.07) is 0. The summed E-state index contributed by atoms with van der Waals surface area (Å²) in [6.07, 6.45) is 0. The molecule has 0 aliphatic heterocycles. The van der Waals surface area contributed by atoms with E-state index in [4.69, 9.17) is 27.9 Å². The molecular weight excluding hydrogens is 192 g/mol. The van der Waals surface area contributed by atoms with Gasteiger partial charge in [-0.1, -0.05) is 0 Å². The normalized spacial score (nSPS) is 12.9. The Bertz CT molecular complexity index is 58.4. The minimum absolute atomic E-state index is 1.67. The summed E-state index contributed by atoms with van der Waals surface area (Å²) in [4.78, 5) is 0. The van der Waals surface area contributed by atoms with Gasteiger partial charge in [0.15, 0.2) is 0 Å². The summed E-state index contributed by atoms with van der Waals surface area (Å²) >= 11 is -2.92. The molecule has 0 N–H and O–H groups in total. The van der Waals surface area contributed by atoms with Gasteiger partial charge in [0.1, 0.15) is 0 Å². The molecule has 0 spiro atoms. The van der Waals surface area contributed by atoms with Crippen LogP contribution in [-0.2, 0) is 13.7 Å². The fourth-order valence-corrected chi connectivity index (χ4v) is 0. The zero-order chi connectivity index (χ0) is 6.08. The van der Waals surface area contributed by atoms with Crippen LogP contribution in [0.4, 0.5) is 0 Å². The Hall–Kier alpha value is 1.54. The molecule has 0 saturated heterocycles. The standard InChI is InChI=1S/C2H6N.3ClH.Ti/c1-3-2;;;;/h1-2H3;3*1H;/q-1;;;;+4/p-3. The molecule has 0 heterocycles. The van der Waals surface area contributed by atoms with Crippen LogP contribution in [0.5, 0.6) is 0 Å². The Morgan fingerprint density at radius 2 is 1.29 bits per heavy atom. The maximum atomic E-state index is 5.51. The third-order valence-electron chi connectivity index (χ3n) is 0.507. The van der Waals surface area contributed by atoms with Crippen molar-refractivity contribution >= 4 is 27.9 Å². The fraction of sp³-hybridized carbons (Fsp3) is 1.00. The van der Waals surface area contributed by atoms with Gasteiger partial charge in [-0.05, 0) is 0 Å². The second kappa shape index (κ2) is 2.91. The average molecular weight is 198 g/mol. The molecule has 0 aromatic rings. The second-order valence-electron chi connectivity index (χ2n) is 1.36. The van der Waals surface area contributed by atoms with Crippen molar-refractivity contribution in [3.05, 3.63) is 0 Å². The maximum absolute atomic E-state index is 5.51. The average Bonchev–Trinajstić information content (AvgIpc) is 1.31. The molecule has 0 rings (SSSR count). The van der Waals surface area contributed by atoms with Crippen molar-refractivity contribution < 1.29 is 13.7 Å². The van der Waals surface area contributed by atoms with Gasteiger partial charge in [-0.2, -0.15) is 0 Å². The summed E-state index contributed by atoms with van der Waals surface area (Å²) < 4.78 is 1.67. The Morgan fingerprint density at radius 3 is 1.29 bits per heavy atom. The molecule has 0 saturated carbocycles. The summed E-state index contributed by atoms with van der Waals surface area (Å²) in [6.45, 7) is 0. The van der Waals surface area contributed by atoms with Crippen LogP contribution in [0.25, 0.3) is 0 Å². The van der Waals surface area contributed by atoms with Crippen molar-refractivity contribution in [2.45, 2.75) is 0 Å². The first-order chi connectivity index (χ1) is 2.94. The van der Waals surface area contributed by atoms with Crippen LogP contribution < -0.4 is 0 Å². The first kappa shape index (κ1) is 8.54. The van der Waals surface area contributed by atoms with E-state index in [1.807, 2.05) is 0 Å². The van der Waals surface area contributed by atoms with E-state index >= 15 is 0 Å². The Morgan fingerprint density at radius 1 is 1.14 bits per heavy atom. The molecule has 0 radical (unpaired) electrons. The molecule has 0 aromatic carbocycles. The van der Waals surface area contributed by atoms with Gasteiger partial charge in [-0.25, -0.2) is 0 Å². The summed E-state index contributed by atoms with van der Waals surface area (Å²) in [7, 11) is 20.1. The van der Waals surface area contributed by atoms with E-state index in [9.17, 15) is 0 Å². The van der Waals surface area contributed by atoms with Crippen molar-refractivity contribution in [1.82, 2.24) is 3.38 Å². The first-order valence-corrected chi connectivity index (χ1v) is 8.83. The van der Waals surface area contributed by atoms with Crippen molar-refractivity contribution in [3.63, 3.8) is 0 Å². The molecule has 0 bridgehead atoms. The van der Waals surface area contributed by atoms with Crippen LogP contribution in [0, 0.1) is 0 Å². The van der Waals surface area contributed by atoms with Gasteiger partial charge in [0.25, 0.3) is 0 Å². The number of nitrogens with zero attached hydrogens (tertiary/aromatic N) is 1. The fourth-order valence-electron chi connectivity index (χ4n) is 0. The van der Waals surface area contributed by atoms with Gasteiger partial charge in [0.05, 0.1) is 0 Å². The van der Waals surface area contributed by atoms with Crippen LogP contribution in [0.1, 0.15) is 0 Å². The van der Waals surface area contributed by atoms with Crippen molar-refractivity contribution in [3.8, 4) is 0 Å². The number of rotatable bonds is 1. The zero-order valence-electron chi connectivity index (χ0n) is 4.08. The van der Waals surface area contributed by atoms with Gasteiger partial charge in [-0.3, -0.25) is 0 Å². The van der Waals surface area contributed by atoms with E-state index in [-0.39, 0.29) is 0 Å². The molecule has 0 unspecified atom stereocenters. The van der Waals surface area contributed by atoms with Crippen LogP contribution in [0.3, 0.4) is 0 Å². The second-order valence-corrected chi connectivity index (χ2v) is 13.4. The van der Waals surface area contributed by atoms with Crippen molar-refractivity contribution in [2.75, 3.05) is 14.1 Å². The predicted octanol–water partition coefficient (Wildman–Crippen LogP) is 2.08. The van der Waals surface area contributed by atoms with Crippen LogP contribution in [0.15, 0.2) is 0 Å². The molecule has 0 aliphatic rings. The van der Waals surface area contributed by atoms with E-state index in [1.165, 1.54) is 0 Å². The molecule has 44 valence electrons. The molecule has 0 aliphatic carbocycles. The minimum atomic E-state index is -2.92. The van der Waals surface area contributed by atoms with E-state index in [0.717, 1.165) is 0 Å². The van der Waals surface area contributed by atoms with Gasteiger partial charge < -0.3 is 0 Å². The monoisotopic (exact) mass is 197 g/mol. The van der Waals surface area contributed by atoms with Crippen LogP contribution >= 0.6 is 27.9 Å². The zero-order valence-corrected chi connectivity index (χ0v) is 7.91. The molecule has 7 heavy (non-hydrogen) atoms. The van der Waals surface area contributed by atoms with Crippen LogP contribution in [-0.4, -0.2) is 17.5 Å². The predicted molar refractivity (Wildman–Crippen MR) is 31.2 cm³/mol. The molecule has 0 fully saturated rings. The Balaban J connectivity index is 3.54. The quantitative estimate of drug-likeness (QED) is 0.583. The molecule has 5 heteroatoms. The molecular formula is C2H6Cl3NTi. The molecule has 0 atom stereocenters.